The van der Waals surface area contributed by atoms with Gasteiger partial charge in [0.2, 0.25) is 5.88 Å². The monoisotopic (exact) mass is 492 g/mol. The maximum Gasteiger partial charge on any atom is 0.269 e. The lowest BCUT2D eigenvalue weighted by atomic mass is 10.1. The second-order valence-corrected chi connectivity index (χ2v) is 10.9. The van der Waals surface area contributed by atoms with Crippen LogP contribution in [0.3, 0.4) is 0 Å². The van der Waals surface area contributed by atoms with Crippen molar-refractivity contribution in [3.63, 3.8) is 0 Å². The number of pyridine rings is 1. The Hall–Kier alpha value is -3.97. The van der Waals surface area contributed by atoms with Crippen LogP contribution < -0.4 is 15.6 Å². The summed E-state index contributed by atoms with van der Waals surface area (Å²) in [6, 6.07) is 10.3. The molecule has 1 aliphatic rings. The van der Waals surface area contributed by atoms with Gasteiger partial charge in [-0.2, -0.15) is 10.2 Å². The van der Waals surface area contributed by atoms with Crippen LogP contribution in [0.2, 0.25) is 0 Å². The van der Waals surface area contributed by atoms with Gasteiger partial charge in [-0.1, -0.05) is 12.1 Å². The molecule has 1 N–H and O–H groups in total. The van der Waals surface area contributed by atoms with Crippen LogP contribution in [0.25, 0.3) is 11.7 Å². The normalized spacial score (nSPS) is 17.2. The predicted octanol–water partition coefficient (Wildman–Crippen LogP) is 2.62. The molecule has 0 aliphatic carbocycles. The molecule has 4 rings (SSSR count). The summed E-state index contributed by atoms with van der Waals surface area (Å²) < 4.78 is 30.8. The van der Waals surface area contributed by atoms with E-state index in [1.54, 1.807) is 24.4 Å². The molecule has 3 heterocycles. The van der Waals surface area contributed by atoms with Crippen molar-refractivity contribution in [3.8, 4) is 17.7 Å². The lowest BCUT2D eigenvalue weighted by Gasteiger charge is -2.13. The zero-order chi connectivity index (χ0) is 25.3. The summed E-state index contributed by atoms with van der Waals surface area (Å²) in [4.78, 5) is 30.7. The summed E-state index contributed by atoms with van der Waals surface area (Å²) in [7, 11) is -3.22. The van der Waals surface area contributed by atoms with Gasteiger partial charge < -0.3 is 10.1 Å². The van der Waals surface area contributed by atoms with Gasteiger partial charge in [0.25, 0.3) is 11.5 Å². The molecule has 1 atom stereocenters. The molecule has 0 bridgehead atoms. The molecular weight excluding hydrogens is 468 g/mol. The molecule has 180 valence electrons. The first-order valence-electron chi connectivity index (χ1n) is 11.0. The van der Waals surface area contributed by atoms with E-state index in [2.05, 4.69) is 10.3 Å². The smallest absolute Gasteiger partial charge is 0.269 e. The molecule has 0 saturated carbocycles. The molecule has 10 heteroatoms. The first-order valence-corrected chi connectivity index (χ1v) is 12.8. The molecule has 1 saturated heterocycles. The number of carbonyl (C=O) groups excluding carboxylic acids is 1. The van der Waals surface area contributed by atoms with E-state index in [1.165, 1.54) is 4.40 Å². The average Bonchev–Trinajstić information content (AvgIpc) is 3.11. The Kier molecular flexibility index (Phi) is 6.45. The van der Waals surface area contributed by atoms with Gasteiger partial charge in [-0.25, -0.2) is 8.42 Å². The van der Waals surface area contributed by atoms with Crippen molar-refractivity contribution in [2.45, 2.75) is 33.2 Å². The predicted molar refractivity (Wildman–Crippen MR) is 131 cm³/mol. The van der Waals surface area contributed by atoms with E-state index in [9.17, 15) is 23.3 Å². The molecule has 35 heavy (non-hydrogen) atoms. The van der Waals surface area contributed by atoms with Crippen molar-refractivity contribution >= 4 is 27.5 Å². The van der Waals surface area contributed by atoms with Crippen LogP contribution in [0.5, 0.6) is 11.6 Å². The van der Waals surface area contributed by atoms with Crippen molar-refractivity contribution in [3.05, 3.63) is 74.7 Å². The Balaban J connectivity index is 1.81. The van der Waals surface area contributed by atoms with Crippen LogP contribution in [0.1, 0.15) is 28.7 Å². The third-order valence-corrected chi connectivity index (χ3v) is 7.45. The second-order valence-electron chi connectivity index (χ2n) is 8.69. The molecule has 1 aliphatic heterocycles. The lowest BCUT2D eigenvalue weighted by Crippen LogP contribution is -2.36. The zero-order valence-electron chi connectivity index (χ0n) is 19.5. The maximum absolute atomic E-state index is 13.4. The highest BCUT2D eigenvalue weighted by Crippen LogP contribution is 2.26. The number of fused-ring (bicyclic) bond motifs is 1. The van der Waals surface area contributed by atoms with Gasteiger partial charge in [0.1, 0.15) is 28.6 Å². The van der Waals surface area contributed by atoms with E-state index in [1.807, 2.05) is 39.0 Å². The number of aryl methyl sites for hydroxylation is 3. The number of nitrogens with one attached hydrogen (secondary N) is 1. The summed E-state index contributed by atoms with van der Waals surface area (Å²) >= 11 is 0. The van der Waals surface area contributed by atoms with Gasteiger partial charge in [0.05, 0.1) is 11.5 Å². The van der Waals surface area contributed by atoms with Crippen LogP contribution in [-0.2, 0) is 14.6 Å². The summed E-state index contributed by atoms with van der Waals surface area (Å²) in [5.41, 5.74) is 2.09. The number of hydrogen-bond acceptors (Lipinski definition) is 7. The largest absolute Gasteiger partial charge is 0.438 e. The molecule has 0 spiro atoms. The van der Waals surface area contributed by atoms with Gasteiger partial charge >= 0.3 is 0 Å². The second kappa shape index (κ2) is 9.35. The minimum atomic E-state index is -3.22. The zero-order valence-corrected chi connectivity index (χ0v) is 20.3. The maximum atomic E-state index is 13.4. The number of carbonyl (C=O) groups is 1. The molecule has 1 aromatic carbocycles. The molecule has 1 amide bonds. The van der Waals surface area contributed by atoms with E-state index in [0.717, 1.165) is 22.8 Å². The van der Waals surface area contributed by atoms with E-state index in [0.29, 0.717) is 11.4 Å². The topological polar surface area (TPSA) is 131 Å². The van der Waals surface area contributed by atoms with Crippen LogP contribution in [0.4, 0.5) is 0 Å². The molecule has 1 fully saturated rings. The SMILES string of the molecule is Cc1cc(C)cc(Oc2nc3c(C)cccn3c(=O)c2/C=C(\C#N)C(=O)N[C@H]2CCS(=O)(=O)C2)c1. The first-order chi connectivity index (χ1) is 16.6. The summed E-state index contributed by atoms with van der Waals surface area (Å²) in [5, 5.41) is 12.2. The lowest BCUT2D eigenvalue weighted by molar-refractivity contribution is -0.117. The minimum Gasteiger partial charge on any atom is -0.438 e. The highest BCUT2D eigenvalue weighted by atomic mass is 32.2. The van der Waals surface area contributed by atoms with Gasteiger partial charge in [0.15, 0.2) is 9.84 Å². The molecule has 9 nitrogen and oxygen atoms in total. The van der Waals surface area contributed by atoms with Crippen molar-refractivity contribution in [2.24, 2.45) is 0 Å². The number of benzene rings is 1. The summed E-state index contributed by atoms with van der Waals surface area (Å²) in [6.07, 6.45) is 2.96. The van der Waals surface area contributed by atoms with E-state index >= 15 is 0 Å². The van der Waals surface area contributed by atoms with Gasteiger partial charge in [-0.3, -0.25) is 14.0 Å². The fourth-order valence-corrected chi connectivity index (χ4v) is 5.74. The van der Waals surface area contributed by atoms with Crippen molar-refractivity contribution in [2.75, 3.05) is 11.5 Å². The van der Waals surface area contributed by atoms with E-state index in [-0.39, 0.29) is 34.9 Å². The van der Waals surface area contributed by atoms with Crippen LogP contribution in [0, 0.1) is 32.1 Å². The average molecular weight is 493 g/mol. The van der Waals surface area contributed by atoms with Crippen LogP contribution in [0.15, 0.2) is 46.9 Å². The molecule has 0 unspecified atom stereocenters. The third-order valence-electron chi connectivity index (χ3n) is 5.68. The van der Waals surface area contributed by atoms with Gasteiger partial charge in [0, 0.05) is 12.2 Å². The summed E-state index contributed by atoms with van der Waals surface area (Å²) in [5.74, 6) is -0.551. The van der Waals surface area contributed by atoms with Crippen molar-refractivity contribution in [1.82, 2.24) is 14.7 Å². The van der Waals surface area contributed by atoms with Crippen molar-refractivity contribution in [1.29, 1.82) is 5.26 Å². The Morgan fingerprint density at radius 1 is 1.26 bits per heavy atom. The standard InChI is InChI=1S/C25H24N4O5S/c1-15-9-16(2)11-20(10-15)34-24-21(25(31)29-7-4-5-17(3)22(29)28-24)12-18(13-26)23(30)27-19-6-8-35(32,33)14-19/h4-5,7,9-12,19H,6,8,14H2,1-3H3,(H,27,30)/b18-12+/t19-/m0/s1. The fourth-order valence-electron chi connectivity index (χ4n) is 4.06. The number of nitrogens with zero attached hydrogens (tertiary/aromatic N) is 3. The minimum absolute atomic E-state index is 0.0211. The number of sulfone groups is 1. The number of ether oxygens (including phenoxy) is 1. The molecule has 0 radical (unpaired) electrons. The number of aromatic nitrogens is 2. The number of amides is 1. The van der Waals surface area contributed by atoms with Crippen LogP contribution in [-0.4, -0.2) is 41.3 Å². The molecule has 3 aromatic rings. The highest BCUT2D eigenvalue weighted by Gasteiger charge is 2.30. The van der Waals surface area contributed by atoms with Gasteiger partial charge in [-0.15, -0.1) is 0 Å². The summed E-state index contributed by atoms with van der Waals surface area (Å²) in [6.45, 7) is 5.63. The Morgan fingerprint density at radius 2 is 1.97 bits per heavy atom. The number of hydrogen-bond donors (Lipinski definition) is 1. The van der Waals surface area contributed by atoms with E-state index in [4.69, 9.17) is 4.74 Å². The van der Waals surface area contributed by atoms with E-state index < -0.39 is 27.3 Å². The first kappa shape index (κ1) is 24.2. The quantitative estimate of drug-likeness (QED) is 0.428. The third kappa shape index (κ3) is 5.25. The van der Waals surface area contributed by atoms with Gasteiger partial charge in [-0.05, 0) is 68.2 Å². The number of nitriles is 1. The molecular formula is C25H24N4O5S. The Morgan fingerprint density at radius 3 is 2.60 bits per heavy atom. The number of rotatable bonds is 5. The Labute approximate surface area is 202 Å². The van der Waals surface area contributed by atoms with Crippen LogP contribution >= 0.6 is 0 Å². The fraction of sp³-hybridized carbons (Fsp3) is 0.280. The Bertz CT molecular complexity index is 1560. The molecule has 2 aromatic heterocycles. The van der Waals surface area contributed by atoms with Crippen molar-refractivity contribution < 1.29 is 17.9 Å². The highest BCUT2D eigenvalue weighted by molar-refractivity contribution is 7.91.